The molecule has 1 nitrogen and oxygen atoms in total. The van der Waals surface area contributed by atoms with E-state index in [2.05, 4.69) is 69.9 Å². The Hall–Kier alpha value is -0.470. The molecule has 1 aromatic carbocycles. The van der Waals surface area contributed by atoms with Gasteiger partial charge in [-0.25, -0.2) is 0 Å². The molecule has 2 rings (SSSR count). The van der Waals surface area contributed by atoms with Gasteiger partial charge in [0, 0.05) is 16.2 Å². The van der Waals surface area contributed by atoms with Crippen molar-refractivity contribution in [3.63, 3.8) is 0 Å². The number of benzene rings is 1. The number of hydrogen-bond donors (Lipinski definition) is 1. The molecule has 20 heavy (non-hydrogen) atoms. The highest BCUT2D eigenvalue weighted by Gasteiger charge is 2.35. The standard InChI is InChI=1S/C18H29NS/c1-6-19-15-9-10-18(4,5)12-17(15)20-16-8-7-13(2)11-14(16)3/h7-8,11,15,17,19H,6,9-10,12H2,1-5H3. The zero-order valence-electron chi connectivity index (χ0n) is 13.6. The van der Waals surface area contributed by atoms with Gasteiger partial charge in [-0.1, -0.05) is 38.5 Å². The van der Waals surface area contributed by atoms with E-state index in [0.29, 0.717) is 16.7 Å². The number of thioether (sulfide) groups is 1. The minimum absolute atomic E-state index is 0.488. The zero-order chi connectivity index (χ0) is 14.8. The number of rotatable bonds is 4. The first-order chi connectivity index (χ1) is 9.41. The fraction of sp³-hybridized carbons (Fsp3) is 0.667. The lowest BCUT2D eigenvalue weighted by molar-refractivity contribution is 0.215. The van der Waals surface area contributed by atoms with E-state index in [4.69, 9.17) is 0 Å². The molecular weight excluding hydrogens is 262 g/mol. The SMILES string of the molecule is CCNC1CCC(C)(C)CC1Sc1ccc(C)cc1C. The van der Waals surface area contributed by atoms with Gasteiger partial charge in [0.25, 0.3) is 0 Å². The summed E-state index contributed by atoms with van der Waals surface area (Å²) in [6.45, 7) is 12.6. The third-order valence-corrected chi connectivity index (χ3v) is 5.92. The second-order valence-corrected chi connectivity index (χ2v) is 8.28. The summed E-state index contributed by atoms with van der Waals surface area (Å²) in [6, 6.07) is 7.52. The van der Waals surface area contributed by atoms with Gasteiger partial charge in [0.1, 0.15) is 0 Å². The van der Waals surface area contributed by atoms with Crippen molar-refractivity contribution in [1.29, 1.82) is 0 Å². The summed E-state index contributed by atoms with van der Waals surface area (Å²) in [4.78, 5) is 1.46. The van der Waals surface area contributed by atoms with Crippen LogP contribution in [0.4, 0.5) is 0 Å². The second-order valence-electron chi connectivity index (χ2n) is 7.00. The molecule has 2 unspecified atom stereocenters. The lowest BCUT2D eigenvalue weighted by Crippen LogP contribution is -2.44. The second kappa shape index (κ2) is 6.53. The van der Waals surface area contributed by atoms with E-state index in [9.17, 15) is 0 Å². The Bertz CT molecular complexity index is 453. The fourth-order valence-electron chi connectivity index (χ4n) is 3.24. The largest absolute Gasteiger partial charge is 0.313 e. The highest BCUT2D eigenvalue weighted by molar-refractivity contribution is 8.00. The van der Waals surface area contributed by atoms with Crippen molar-refractivity contribution in [2.75, 3.05) is 6.54 Å². The molecule has 1 aliphatic carbocycles. The number of hydrogen-bond acceptors (Lipinski definition) is 2. The lowest BCUT2D eigenvalue weighted by atomic mass is 9.75. The molecule has 0 bridgehead atoms. The van der Waals surface area contributed by atoms with E-state index in [1.165, 1.54) is 35.3 Å². The van der Waals surface area contributed by atoms with E-state index in [1.807, 2.05) is 0 Å². The molecule has 0 amide bonds. The van der Waals surface area contributed by atoms with E-state index in [-0.39, 0.29) is 0 Å². The summed E-state index contributed by atoms with van der Waals surface area (Å²) in [7, 11) is 0. The molecule has 1 saturated carbocycles. The van der Waals surface area contributed by atoms with E-state index >= 15 is 0 Å². The van der Waals surface area contributed by atoms with Crippen LogP contribution in [0.1, 0.15) is 51.2 Å². The van der Waals surface area contributed by atoms with Gasteiger partial charge in [0.2, 0.25) is 0 Å². The smallest absolute Gasteiger partial charge is 0.0253 e. The van der Waals surface area contributed by atoms with Gasteiger partial charge in [-0.3, -0.25) is 0 Å². The highest BCUT2D eigenvalue weighted by Crippen LogP contribution is 2.43. The first-order valence-corrected chi connectivity index (χ1v) is 8.76. The van der Waals surface area contributed by atoms with Gasteiger partial charge >= 0.3 is 0 Å². The average Bonchev–Trinajstić information content (AvgIpc) is 2.36. The van der Waals surface area contributed by atoms with Crippen LogP contribution in [0.5, 0.6) is 0 Å². The van der Waals surface area contributed by atoms with Crippen molar-refractivity contribution in [3.8, 4) is 0 Å². The van der Waals surface area contributed by atoms with Crippen LogP contribution in [0.2, 0.25) is 0 Å². The molecule has 2 atom stereocenters. The van der Waals surface area contributed by atoms with Gasteiger partial charge < -0.3 is 5.32 Å². The minimum Gasteiger partial charge on any atom is -0.313 e. The topological polar surface area (TPSA) is 12.0 Å². The summed E-state index contributed by atoms with van der Waals surface area (Å²) >= 11 is 2.09. The Kier molecular flexibility index (Phi) is 5.19. The van der Waals surface area contributed by atoms with Crippen LogP contribution in [-0.2, 0) is 0 Å². The van der Waals surface area contributed by atoms with E-state index in [0.717, 1.165) is 6.54 Å². The Balaban J connectivity index is 2.14. The fourth-order valence-corrected chi connectivity index (χ4v) is 4.88. The molecule has 0 spiro atoms. The van der Waals surface area contributed by atoms with Crippen molar-refractivity contribution >= 4 is 11.8 Å². The summed E-state index contributed by atoms with van der Waals surface area (Å²) in [5.74, 6) is 0. The van der Waals surface area contributed by atoms with E-state index in [1.54, 1.807) is 0 Å². The number of nitrogens with one attached hydrogen (secondary N) is 1. The highest BCUT2D eigenvalue weighted by atomic mass is 32.2. The van der Waals surface area contributed by atoms with Crippen LogP contribution in [0, 0.1) is 19.3 Å². The summed E-state index contributed by atoms with van der Waals surface area (Å²) < 4.78 is 0. The monoisotopic (exact) mass is 291 g/mol. The van der Waals surface area contributed by atoms with Gasteiger partial charge in [0.15, 0.2) is 0 Å². The Morgan fingerprint density at radius 3 is 2.70 bits per heavy atom. The first kappa shape index (κ1) is 15.9. The summed E-state index contributed by atoms with van der Waals surface area (Å²) in [6.07, 6.45) is 3.96. The van der Waals surface area contributed by atoms with Crippen molar-refractivity contribution < 1.29 is 0 Å². The number of aryl methyl sites for hydroxylation is 2. The molecule has 0 aliphatic heterocycles. The van der Waals surface area contributed by atoms with Crippen molar-refractivity contribution in [2.45, 2.75) is 70.1 Å². The van der Waals surface area contributed by atoms with Crippen LogP contribution < -0.4 is 5.32 Å². The molecule has 1 N–H and O–H groups in total. The maximum Gasteiger partial charge on any atom is 0.0253 e. The molecule has 112 valence electrons. The van der Waals surface area contributed by atoms with Crippen LogP contribution in [0.3, 0.4) is 0 Å². The molecule has 0 saturated heterocycles. The van der Waals surface area contributed by atoms with Crippen LogP contribution >= 0.6 is 11.8 Å². The van der Waals surface area contributed by atoms with Crippen LogP contribution in [0.25, 0.3) is 0 Å². The molecule has 0 aromatic heterocycles. The van der Waals surface area contributed by atoms with Gasteiger partial charge in [-0.15, -0.1) is 11.8 Å². The molecule has 1 fully saturated rings. The van der Waals surface area contributed by atoms with Crippen LogP contribution in [-0.4, -0.2) is 17.8 Å². The Morgan fingerprint density at radius 2 is 2.05 bits per heavy atom. The maximum absolute atomic E-state index is 3.70. The normalized spacial score (nSPS) is 25.6. The van der Waals surface area contributed by atoms with Gasteiger partial charge in [0.05, 0.1) is 0 Å². The first-order valence-electron chi connectivity index (χ1n) is 7.88. The molecule has 2 heteroatoms. The van der Waals surface area contributed by atoms with Crippen LogP contribution in [0.15, 0.2) is 23.1 Å². The maximum atomic E-state index is 3.70. The quantitative estimate of drug-likeness (QED) is 0.842. The Morgan fingerprint density at radius 1 is 1.30 bits per heavy atom. The molecular formula is C18H29NS. The third-order valence-electron chi connectivity index (χ3n) is 4.41. The predicted octanol–water partition coefficient (Wildman–Crippen LogP) is 4.95. The Labute approximate surface area is 128 Å². The van der Waals surface area contributed by atoms with E-state index < -0.39 is 0 Å². The van der Waals surface area contributed by atoms with Crippen molar-refractivity contribution in [3.05, 3.63) is 29.3 Å². The molecule has 1 aromatic rings. The minimum atomic E-state index is 0.488. The molecule has 1 aliphatic rings. The molecule has 0 heterocycles. The lowest BCUT2D eigenvalue weighted by Gasteiger charge is -2.41. The average molecular weight is 292 g/mol. The predicted molar refractivity (Wildman–Crippen MR) is 90.7 cm³/mol. The summed E-state index contributed by atoms with van der Waals surface area (Å²) in [5, 5.41) is 4.40. The molecule has 0 radical (unpaired) electrons. The summed E-state index contributed by atoms with van der Waals surface area (Å²) in [5.41, 5.74) is 3.27. The van der Waals surface area contributed by atoms with Crippen molar-refractivity contribution in [1.82, 2.24) is 5.32 Å². The van der Waals surface area contributed by atoms with Gasteiger partial charge in [-0.2, -0.15) is 0 Å². The van der Waals surface area contributed by atoms with Crippen molar-refractivity contribution in [2.24, 2.45) is 5.41 Å². The zero-order valence-corrected chi connectivity index (χ0v) is 14.4. The third kappa shape index (κ3) is 4.02. The van der Waals surface area contributed by atoms with Gasteiger partial charge in [-0.05, 0) is 56.7 Å².